The average molecular weight is 341 g/mol. The highest BCUT2D eigenvalue weighted by molar-refractivity contribution is 6.03. The van der Waals surface area contributed by atoms with Gasteiger partial charge < -0.3 is 15.4 Å². The van der Waals surface area contributed by atoms with Crippen molar-refractivity contribution in [1.29, 1.82) is 0 Å². The Morgan fingerprint density at radius 2 is 1.68 bits per heavy atom. The number of pyridine rings is 1. The van der Waals surface area contributed by atoms with Gasteiger partial charge in [0.2, 0.25) is 0 Å². The molecule has 0 aliphatic heterocycles. The van der Waals surface area contributed by atoms with Crippen molar-refractivity contribution >= 4 is 17.5 Å². The number of carbonyl (C=O) groups excluding carboxylic acids is 2. The summed E-state index contributed by atoms with van der Waals surface area (Å²) < 4.78 is 5.36. The van der Waals surface area contributed by atoms with E-state index in [0.717, 1.165) is 18.6 Å². The van der Waals surface area contributed by atoms with Crippen LogP contribution in [0.2, 0.25) is 0 Å². The predicted molar refractivity (Wildman–Crippen MR) is 97.0 cm³/mol. The Morgan fingerprint density at radius 3 is 2.32 bits per heavy atom. The number of benzene rings is 1. The van der Waals surface area contributed by atoms with Crippen molar-refractivity contribution < 1.29 is 14.3 Å². The predicted octanol–water partition coefficient (Wildman–Crippen LogP) is 3.26. The molecule has 2 aromatic rings. The van der Waals surface area contributed by atoms with Crippen LogP contribution < -0.4 is 15.4 Å². The second-order valence-electron chi connectivity index (χ2n) is 5.43. The number of unbranched alkanes of at least 4 members (excludes halogenated alkanes) is 1. The van der Waals surface area contributed by atoms with E-state index in [4.69, 9.17) is 4.74 Å². The Labute approximate surface area is 147 Å². The van der Waals surface area contributed by atoms with Crippen LogP contribution in [0.15, 0.2) is 42.5 Å². The van der Waals surface area contributed by atoms with Crippen molar-refractivity contribution in [3.8, 4) is 5.75 Å². The van der Waals surface area contributed by atoms with Crippen LogP contribution in [0.1, 0.15) is 47.7 Å². The van der Waals surface area contributed by atoms with E-state index in [1.807, 2.05) is 6.92 Å². The van der Waals surface area contributed by atoms with Crippen molar-refractivity contribution in [3.05, 3.63) is 53.9 Å². The Bertz CT molecular complexity index is 714. The zero-order chi connectivity index (χ0) is 18.1. The van der Waals surface area contributed by atoms with Gasteiger partial charge in [0.15, 0.2) is 0 Å². The quantitative estimate of drug-likeness (QED) is 0.722. The first kappa shape index (κ1) is 18.4. The molecule has 0 radical (unpaired) electrons. The van der Waals surface area contributed by atoms with E-state index in [-0.39, 0.29) is 23.2 Å². The fourth-order valence-corrected chi connectivity index (χ4v) is 2.15. The molecule has 2 N–H and O–H groups in total. The van der Waals surface area contributed by atoms with Crippen molar-refractivity contribution in [2.24, 2.45) is 0 Å². The lowest BCUT2D eigenvalue weighted by Crippen LogP contribution is -2.26. The number of hydrogen-bond acceptors (Lipinski definition) is 4. The maximum absolute atomic E-state index is 12.3. The van der Waals surface area contributed by atoms with Gasteiger partial charge in [-0.05, 0) is 49.7 Å². The third-order valence-electron chi connectivity index (χ3n) is 3.45. The van der Waals surface area contributed by atoms with Crippen molar-refractivity contribution in [3.63, 3.8) is 0 Å². The Balaban J connectivity index is 2.01. The van der Waals surface area contributed by atoms with Crippen LogP contribution in [0.3, 0.4) is 0 Å². The highest BCUT2D eigenvalue weighted by Crippen LogP contribution is 2.16. The minimum atomic E-state index is -0.368. The topological polar surface area (TPSA) is 80.3 Å². The molecule has 2 amide bonds. The molecule has 0 atom stereocenters. The fraction of sp³-hybridized carbons (Fsp3) is 0.316. The van der Waals surface area contributed by atoms with Gasteiger partial charge in [0.1, 0.15) is 17.1 Å². The highest BCUT2D eigenvalue weighted by atomic mass is 16.5. The van der Waals surface area contributed by atoms with E-state index in [9.17, 15) is 9.59 Å². The number of anilines is 1. The first-order chi connectivity index (χ1) is 12.1. The van der Waals surface area contributed by atoms with Crippen LogP contribution in [0, 0.1) is 0 Å². The Kier molecular flexibility index (Phi) is 6.95. The number of nitrogens with zero attached hydrogens (tertiary/aromatic N) is 1. The summed E-state index contributed by atoms with van der Waals surface area (Å²) >= 11 is 0. The maximum Gasteiger partial charge on any atom is 0.274 e. The number of nitrogens with one attached hydrogen (secondary N) is 2. The summed E-state index contributed by atoms with van der Waals surface area (Å²) in [6, 6.07) is 11.9. The molecule has 1 heterocycles. The number of amides is 2. The van der Waals surface area contributed by atoms with Gasteiger partial charge >= 0.3 is 0 Å². The first-order valence-corrected chi connectivity index (χ1v) is 8.43. The van der Waals surface area contributed by atoms with Crippen LogP contribution in [0.25, 0.3) is 0 Å². The van der Waals surface area contributed by atoms with E-state index in [0.29, 0.717) is 18.8 Å². The standard InChI is InChI=1S/C19H23N3O3/c1-3-5-13-20-18(23)16-7-6-8-17(22-16)19(24)21-14-9-11-15(12-10-14)25-4-2/h6-12H,3-5,13H2,1-2H3,(H,20,23)(H,21,24). The molecule has 2 rings (SSSR count). The van der Waals surface area contributed by atoms with Crippen molar-refractivity contribution in [2.75, 3.05) is 18.5 Å². The molecule has 0 spiro atoms. The second kappa shape index (κ2) is 9.42. The van der Waals surface area contributed by atoms with E-state index in [1.54, 1.807) is 42.5 Å². The molecule has 0 saturated carbocycles. The van der Waals surface area contributed by atoms with E-state index >= 15 is 0 Å². The summed E-state index contributed by atoms with van der Waals surface area (Å²) in [7, 11) is 0. The summed E-state index contributed by atoms with van der Waals surface area (Å²) in [5.41, 5.74) is 1.06. The van der Waals surface area contributed by atoms with Gasteiger partial charge in [-0.3, -0.25) is 9.59 Å². The molecule has 6 nitrogen and oxygen atoms in total. The van der Waals surface area contributed by atoms with Gasteiger partial charge in [-0.25, -0.2) is 4.98 Å². The molecule has 6 heteroatoms. The van der Waals surface area contributed by atoms with Crippen LogP contribution in [-0.2, 0) is 0 Å². The largest absolute Gasteiger partial charge is 0.494 e. The summed E-state index contributed by atoms with van der Waals surface area (Å²) in [6.45, 7) is 5.14. The summed E-state index contributed by atoms with van der Waals surface area (Å²) in [4.78, 5) is 28.5. The minimum Gasteiger partial charge on any atom is -0.494 e. The van der Waals surface area contributed by atoms with E-state index in [2.05, 4.69) is 22.5 Å². The molecule has 0 fully saturated rings. The molecule has 0 aliphatic rings. The van der Waals surface area contributed by atoms with Gasteiger partial charge in [-0.15, -0.1) is 0 Å². The van der Waals surface area contributed by atoms with Crippen molar-refractivity contribution in [1.82, 2.24) is 10.3 Å². The Hall–Kier alpha value is -2.89. The molecule has 25 heavy (non-hydrogen) atoms. The van der Waals surface area contributed by atoms with Crippen LogP contribution in [0.4, 0.5) is 5.69 Å². The average Bonchev–Trinajstić information content (AvgIpc) is 2.64. The van der Waals surface area contributed by atoms with Gasteiger partial charge in [-0.1, -0.05) is 19.4 Å². The SMILES string of the molecule is CCCCNC(=O)c1cccc(C(=O)Nc2ccc(OCC)cc2)n1. The van der Waals surface area contributed by atoms with Crippen LogP contribution >= 0.6 is 0 Å². The zero-order valence-electron chi connectivity index (χ0n) is 14.5. The van der Waals surface area contributed by atoms with Gasteiger partial charge in [0.05, 0.1) is 6.61 Å². The second-order valence-corrected chi connectivity index (χ2v) is 5.43. The van der Waals surface area contributed by atoms with Crippen LogP contribution in [-0.4, -0.2) is 29.9 Å². The lowest BCUT2D eigenvalue weighted by Gasteiger charge is -2.08. The van der Waals surface area contributed by atoms with Gasteiger partial charge in [0.25, 0.3) is 11.8 Å². The number of carbonyl (C=O) groups is 2. The number of rotatable bonds is 8. The van der Waals surface area contributed by atoms with Crippen molar-refractivity contribution in [2.45, 2.75) is 26.7 Å². The smallest absolute Gasteiger partial charge is 0.274 e. The molecular formula is C19H23N3O3. The van der Waals surface area contributed by atoms with Crippen LogP contribution in [0.5, 0.6) is 5.75 Å². The number of hydrogen-bond donors (Lipinski definition) is 2. The van der Waals surface area contributed by atoms with E-state index in [1.165, 1.54) is 0 Å². The number of aromatic nitrogens is 1. The molecular weight excluding hydrogens is 318 g/mol. The number of ether oxygens (including phenoxy) is 1. The fourth-order valence-electron chi connectivity index (χ4n) is 2.15. The molecule has 132 valence electrons. The monoisotopic (exact) mass is 341 g/mol. The van der Waals surface area contributed by atoms with Gasteiger partial charge in [0, 0.05) is 12.2 Å². The molecule has 0 aliphatic carbocycles. The third-order valence-corrected chi connectivity index (χ3v) is 3.45. The summed E-state index contributed by atoms with van der Waals surface area (Å²) in [5, 5.41) is 5.54. The maximum atomic E-state index is 12.3. The van der Waals surface area contributed by atoms with E-state index < -0.39 is 0 Å². The minimum absolute atomic E-state index is 0.192. The third kappa shape index (κ3) is 5.60. The first-order valence-electron chi connectivity index (χ1n) is 8.43. The lowest BCUT2D eigenvalue weighted by molar-refractivity contribution is 0.0948. The van der Waals surface area contributed by atoms with Gasteiger partial charge in [-0.2, -0.15) is 0 Å². The summed E-state index contributed by atoms with van der Waals surface area (Å²) in [5.74, 6) is 0.0981. The molecule has 0 bridgehead atoms. The Morgan fingerprint density at radius 1 is 1.00 bits per heavy atom. The summed E-state index contributed by atoms with van der Waals surface area (Å²) in [6.07, 6.45) is 1.90. The molecule has 1 aromatic heterocycles. The zero-order valence-corrected chi connectivity index (χ0v) is 14.5. The lowest BCUT2D eigenvalue weighted by atomic mass is 10.2. The molecule has 1 aromatic carbocycles. The normalized spacial score (nSPS) is 10.2. The highest BCUT2D eigenvalue weighted by Gasteiger charge is 2.12. The molecule has 0 unspecified atom stereocenters. The molecule has 0 saturated heterocycles.